The summed E-state index contributed by atoms with van der Waals surface area (Å²) in [4.78, 5) is 11.6. The number of aliphatic hydroxyl groups excluding tert-OH is 1. The van der Waals surface area contributed by atoms with Crippen LogP contribution < -0.4 is 5.32 Å². The van der Waals surface area contributed by atoms with E-state index in [9.17, 15) is 18.0 Å². The van der Waals surface area contributed by atoms with E-state index in [0.29, 0.717) is 17.9 Å². The molecule has 1 aliphatic rings. The average Bonchev–Trinajstić information content (AvgIpc) is 2.50. The lowest BCUT2D eigenvalue weighted by Gasteiger charge is -2.35. The number of hydrogen-bond donors (Lipinski definition) is 2. The summed E-state index contributed by atoms with van der Waals surface area (Å²) in [5.41, 5.74) is -0.154. The van der Waals surface area contributed by atoms with E-state index in [4.69, 9.17) is 9.84 Å². The Kier molecular flexibility index (Phi) is 6.84. The monoisotopic (exact) mass is 359 g/mol. The quantitative estimate of drug-likeness (QED) is 0.749. The van der Waals surface area contributed by atoms with Crippen LogP contribution in [-0.4, -0.2) is 29.8 Å². The van der Waals surface area contributed by atoms with Gasteiger partial charge in [-0.2, -0.15) is 13.2 Å². The van der Waals surface area contributed by atoms with E-state index in [-0.39, 0.29) is 25.2 Å². The minimum absolute atomic E-state index is 0.0417. The number of nitrogens with one attached hydrogen (secondary N) is 1. The van der Waals surface area contributed by atoms with E-state index in [1.54, 1.807) is 13.0 Å². The fourth-order valence-electron chi connectivity index (χ4n) is 2.78. The lowest BCUT2D eigenvalue weighted by atomic mass is 9.79. The second kappa shape index (κ2) is 8.67. The van der Waals surface area contributed by atoms with Crippen LogP contribution in [-0.2, 0) is 22.3 Å². The summed E-state index contributed by atoms with van der Waals surface area (Å²) in [5.74, 6) is 0.332. The van der Waals surface area contributed by atoms with Crippen LogP contribution in [0.1, 0.15) is 43.7 Å². The van der Waals surface area contributed by atoms with Crippen molar-refractivity contribution in [1.29, 1.82) is 0 Å². The lowest BCUT2D eigenvalue weighted by molar-refractivity contribution is -0.137. The maximum Gasteiger partial charge on any atom is 0.416 e. The second-order valence-corrected chi connectivity index (χ2v) is 6.66. The molecule has 1 amide bonds. The van der Waals surface area contributed by atoms with Gasteiger partial charge in [0, 0.05) is 13.0 Å². The summed E-state index contributed by atoms with van der Waals surface area (Å²) >= 11 is 0. The number of alkyl halides is 3. The molecule has 140 valence electrons. The lowest BCUT2D eigenvalue weighted by Crippen LogP contribution is -2.34. The van der Waals surface area contributed by atoms with Gasteiger partial charge < -0.3 is 15.2 Å². The summed E-state index contributed by atoms with van der Waals surface area (Å²) in [6.07, 6.45) is -2.04. The third-order valence-electron chi connectivity index (χ3n) is 4.31. The highest BCUT2D eigenvalue weighted by Gasteiger charge is 2.31. The van der Waals surface area contributed by atoms with Crippen LogP contribution >= 0.6 is 0 Å². The van der Waals surface area contributed by atoms with Crippen LogP contribution in [0.2, 0.25) is 0 Å². The average molecular weight is 359 g/mol. The van der Waals surface area contributed by atoms with Gasteiger partial charge in [-0.1, -0.05) is 12.1 Å². The highest BCUT2D eigenvalue weighted by Crippen LogP contribution is 2.34. The first-order chi connectivity index (χ1) is 11.7. The first-order valence-corrected chi connectivity index (χ1v) is 8.46. The smallest absolute Gasteiger partial charge is 0.392 e. The third kappa shape index (κ3) is 6.66. The Bertz CT molecular complexity index is 569. The maximum atomic E-state index is 12.7. The normalized spacial score (nSPS) is 21.5. The second-order valence-electron chi connectivity index (χ2n) is 6.66. The number of carbonyl (C=O) groups excluding carboxylic acids is 1. The zero-order valence-corrected chi connectivity index (χ0v) is 14.2. The Morgan fingerprint density at radius 1 is 1.40 bits per heavy atom. The van der Waals surface area contributed by atoms with Crippen LogP contribution in [0, 0.1) is 5.92 Å². The minimum Gasteiger partial charge on any atom is -0.392 e. The Balaban J connectivity index is 1.63. The van der Waals surface area contributed by atoms with Crippen LogP contribution in [0.4, 0.5) is 13.2 Å². The number of rotatable bonds is 8. The van der Waals surface area contributed by atoms with Crippen LogP contribution in [0.3, 0.4) is 0 Å². The van der Waals surface area contributed by atoms with Crippen molar-refractivity contribution in [2.45, 2.75) is 57.6 Å². The van der Waals surface area contributed by atoms with Crippen LogP contribution in [0.15, 0.2) is 24.3 Å². The first kappa shape index (κ1) is 19.7. The molecule has 0 bridgehead atoms. The molecule has 1 saturated carbocycles. The van der Waals surface area contributed by atoms with E-state index >= 15 is 0 Å². The van der Waals surface area contributed by atoms with Gasteiger partial charge in [-0.15, -0.1) is 0 Å². The SMILES string of the molecule is C[C@@H](O)CNC(=O)CCC1CC(OCc2cccc(C(F)(F)F)c2)C1. The van der Waals surface area contributed by atoms with Crippen molar-refractivity contribution >= 4 is 5.91 Å². The zero-order valence-electron chi connectivity index (χ0n) is 14.2. The summed E-state index contributed by atoms with van der Waals surface area (Å²) in [7, 11) is 0. The van der Waals surface area contributed by atoms with Gasteiger partial charge in [0.1, 0.15) is 0 Å². The van der Waals surface area contributed by atoms with Crippen LogP contribution in [0.5, 0.6) is 0 Å². The predicted molar refractivity (Wildman–Crippen MR) is 86.7 cm³/mol. The molecule has 1 aromatic carbocycles. The largest absolute Gasteiger partial charge is 0.416 e. The van der Waals surface area contributed by atoms with E-state index in [1.165, 1.54) is 6.07 Å². The molecule has 7 heteroatoms. The molecule has 0 radical (unpaired) electrons. The first-order valence-electron chi connectivity index (χ1n) is 8.46. The molecule has 0 aromatic heterocycles. The summed E-state index contributed by atoms with van der Waals surface area (Å²) in [6, 6.07) is 5.17. The van der Waals surface area contributed by atoms with E-state index < -0.39 is 17.8 Å². The maximum absolute atomic E-state index is 12.7. The van der Waals surface area contributed by atoms with Crippen molar-refractivity contribution in [2.24, 2.45) is 5.92 Å². The molecule has 0 unspecified atom stereocenters. The molecular formula is C18H24F3NO3. The Morgan fingerprint density at radius 3 is 2.76 bits per heavy atom. The summed E-state index contributed by atoms with van der Waals surface area (Å²) in [5, 5.41) is 11.7. The molecule has 1 atom stereocenters. The number of aliphatic hydroxyl groups is 1. The topological polar surface area (TPSA) is 58.6 Å². The Hall–Kier alpha value is -1.60. The predicted octanol–water partition coefficient (Wildman–Crippen LogP) is 3.28. The van der Waals surface area contributed by atoms with Gasteiger partial charge in [-0.05, 0) is 49.8 Å². The molecule has 0 spiro atoms. The van der Waals surface area contributed by atoms with Gasteiger partial charge in [-0.3, -0.25) is 4.79 Å². The van der Waals surface area contributed by atoms with Crippen molar-refractivity contribution in [2.75, 3.05) is 6.54 Å². The number of hydrogen-bond acceptors (Lipinski definition) is 3. The molecule has 1 aromatic rings. The minimum atomic E-state index is -4.34. The molecule has 4 nitrogen and oxygen atoms in total. The highest BCUT2D eigenvalue weighted by molar-refractivity contribution is 5.75. The zero-order chi connectivity index (χ0) is 18.4. The Labute approximate surface area is 145 Å². The fraction of sp³-hybridized carbons (Fsp3) is 0.611. The van der Waals surface area contributed by atoms with E-state index in [2.05, 4.69) is 5.32 Å². The summed E-state index contributed by atoms with van der Waals surface area (Å²) in [6.45, 7) is 2.03. The standard InChI is InChI=1S/C18H24F3NO3/c1-12(23)10-22-17(24)6-5-13-8-16(9-13)25-11-14-3-2-4-15(7-14)18(19,20)21/h2-4,7,12-13,16,23H,5-6,8-11H2,1H3,(H,22,24)/t12-,13?,16?/m1/s1. The van der Waals surface area contributed by atoms with Gasteiger partial charge in [0.05, 0.1) is 24.4 Å². The molecule has 0 aliphatic heterocycles. The number of amides is 1. The highest BCUT2D eigenvalue weighted by atomic mass is 19.4. The number of halogens is 3. The van der Waals surface area contributed by atoms with Crippen molar-refractivity contribution in [3.8, 4) is 0 Å². The van der Waals surface area contributed by atoms with Crippen molar-refractivity contribution in [1.82, 2.24) is 5.32 Å². The Morgan fingerprint density at radius 2 is 2.12 bits per heavy atom. The molecule has 1 aliphatic carbocycles. The summed E-state index contributed by atoms with van der Waals surface area (Å²) < 4.78 is 43.6. The van der Waals surface area contributed by atoms with Gasteiger partial charge in [0.2, 0.25) is 5.91 Å². The fourth-order valence-corrected chi connectivity index (χ4v) is 2.78. The van der Waals surface area contributed by atoms with Crippen molar-refractivity contribution in [3.63, 3.8) is 0 Å². The molecule has 2 rings (SSSR count). The number of benzene rings is 1. The van der Waals surface area contributed by atoms with Crippen molar-refractivity contribution in [3.05, 3.63) is 35.4 Å². The molecule has 0 saturated heterocycles. The molecule has 2 N–H and O–H groups in total. The van der Waals surface area contributed by atoms with Crippen LogP contribution in [0.25, 0.3) is 0 Å². The molecule has 1 fully saturated rings. The third-order valence-corrected chi connectivity index (χ3v) is 4.31. The molecule has 25 heavy (non-hydrogen) atoms. The van der Waals surface area contributed by atoms with Gasteiger partial charge in [-0.25, -0.2) is 0 Å². The van der Waals surface area contributed by atoms with Gasteiger partial charge in [0.25, 0.3) is 0 Å². The van der Waals surface area contributed by atoms with Crippen molar-refractivity contribution < 1.29 is 27.8 Å². The van der Waals surface area contributed by atoms with Gasteiger partial charge >= 0.3 is 6.18 Å². The molecular weight excluding hydrogens is 335 g/mol. The van der Waals surface area contributed by atoms with Gasteiger partial charge in [0.15, 0.2) is 0 Å². The van der Waals surface area contributed by atoms with E-state index in [1.807, 2.05) is 0 Å². The molecule has 0 heterocycles. The number of carbonyl (C=O) groups is 1. The number of ether oxygens (including phenoxy) is 1. The van der Waals surface area contributed by atoms with E-state index in [0.717, 1.165) is 31.4 Å².